The van der Waals surface area contributed by atoms with Crippen LogP contribution in [-0.4, -0.2) is 28.7 Å². The van der Waals surface area contributed by atoms with E-state index in [1.54, 1.807) is 10.8 Å². The molecule has 2 heterocycles. The van der Waals surface area contributed by atoms with Gasteiger partial charge in [-0.2, -0.15) is 0 Å². The Kier molecular flexibility index (Phi) is 5.93. The zero-order valence-electron chi connectivity index (χ0n) is 16.0. The number of pyridine rings is 2. The molecule has 0 amide bonds. The lowest BCUT2D eigenvalue weighted by Crippen LogP contribution is -2.24. The van der Waals surface area contributed by atoms with Gasteiger partial charge in [0.2, 0.25) is 0 Å². The Morgan fingerprint density at radius 1 is 1.21 bits per heavy atom. The van der Waals surface area contributed by atoms with Crippen molar-refractivity contribution in [1.82, 2.24) is 9.55 Å². The molecule has 7 heteroatoms. The average Bonchev–Trinajstić information content (AvgIpc) is 2.69. The summed E-state index contributed by atoms with van der Waals surface area (Å²) in [7, 11) is 0. The second-order valence-electron chi connectivity index (χ2n) is 6.28. The van der Waals surface area contributed by atoms with Gasteiger partial charge in [-0.3, -0.25) is 14.2 Å². The molecule has 0 saturated carbocycles. The van der Waals surface area contributed by atoms with Gasteiger partial charge in [0.25, 0.3) is 5.56 Å². The number of carbonyl (C=O) groups is 1. The number of ether oxygens (including phenoxy) is 2. The smallest absolute Gasteiger partial charge is 0.302 e. The number of hydrogen-bond acceptors (Lipinski definition) is 6. The van der Waals surface area contributed by atoms with Gasteiger partial charge < -0.3 is 15.2 Å². The van der Waals surface area contributed by atoms with E-state index in [1.807, 2.05) is 43.3 Å². The lowest BCUT2D eigenvalue weighted by Gasteiger charge is -2.15. The molecule has 3 rings (SSSR count). The molecular formula is C21H23N3O4. The van der Waals surface area contributed by atoms with E-state index in [0.717, 1.165) is 10.9 Å². The highest BCUT2D eigenvalue weighted by Gasteiger charge is 2.16. The van der Waals surface area contributed by atoms with Crippen molar-refractivity contribution in [3.05, 3.63) is 52.9 Å². The Morgan fingerprint density at radius 2 is 2.04 bits per heavy atom. The largest absolute Gasteiger partial charge is 0.493 e. The van der Waals surface area contributed by atoms with Crippen molar-refractivity contribution >= 4 is 22.7 Å². The van der Waals surface area contributed by atoms with Crippen molar-refractivity contribution in [3.8, 4) is 16.9 Å². The van der Waals surface area contributed by atoms with Gasteiger partial charge >= 0.3 is 5.97 Å². The number of rotatable bonds is 7. The predicted octanol–water partition coefficient (Wildman–Crippen LogP) is 3.00. The zero-order valence-corrected chi connectivity index (χ0v) is 16.0. The van der Waals surface area contributed by atoms with Crippen molar-refractivity contribution in [3.63, 3.8) is 0 Å². The van der Waals surface area contributed by atoms with Crippen LogP contribution >= 0.6 is 0 Å². The van der Waals surface area contributed by atoms with Crippen LogP contribution < -0.4 is 16.0 Å². The van der Waals surface area contributed by atoms with E-state index < -0.39 is 0 Å². The number of aryl methyl sites for hydroxylation is 1. The van der Waals surface area contributed by atoms with Crippen molar-refractivity contribution < 1.29 is 14.3 Å². The van der Waals surface area contributed by atoms with Gasteiger partial charge in [-0.25, -0.2) is 4.98 Å². The number of benzene rings is 1. The SMILES string of the molecule is CCn1c(=O)c(N)c(-c2cccc(OCCCOC(C)=O)c2)c2cccnc21. The summed E-state index contributed by atoms with van der Waals surface area (Å²) in [5.41, 5.74) is 8.21. The summed E-state index contributed by atoms with van der Waals surface area (Å²) in [5, 5.41) is 0.813. The van der Waals surface area contributed by atoms with Crippen LogP contribution in [0, 0.1) is 0 Å². The summed E-state index contributed by atoms with van der Waals surface area (Å²) in [5.74, 6) is 0.344. The first kappa shape index (κ1) is 19.4. The second kappa shape index (κ2) is 8.56. The molecule has 2 aromatic heterocycles. The maximum atomic E-state index is 12.7. The molecule has 0 aliphatic heterocycles. The number of hydrogen-bond donors (Lipinski definition) is 1. The van der Waals surface area contributed by atoms with Crippen LogP contribution in [0.3, 0.4) is 0 Å². The Labute approximate surface area is 162 Å². The Hall–Kier alpha value is -3.35. The van der Waals surface area contributed by atoms with E-state index >= 15 is 0 Å². The third-order valence-electron chi connectivity index (χ3n) is 4.36. The first-order valence-electron chi connectivity index (χ1n) is 9.16. The molecular weight excluding hydrogens is 358 g/mol. The molecule has 146 valence electrons. The number of nitrogens with zero attached hydrogens (tertiary/aromatic N) is 2. The quantitative estimate of drug-likeness (QED) is 0.499. The second-order valence-corrected chi connectivity index (χ2v) is 6.28. The summed E-state index contributed by atoms with van der Waals surface area (Å²) < 4.78 is 12.2. The van der Waals surface area contributed by atoms with Crippen LogP contribution in [-0.2, 0) is 16.1 Å². The summed E-state index contributed by atoms with van der Waals surface area (Å²) in [4.78, 5) is 27.9. The molecule has 2 N–H and O–H groups in total. The molecule has 0 saturated heterocycles. The van der Waals surface area contributed by atoms with Gasteiger partial charge in [-0.05, 0) is 36.8 Å². The standard InChI is InChI=1S/C21H23N3O4/c1-3-24-20-17(9-5-10-23-20)18(19(22)21(24)26)15-7-4-8-16(13-15)28-12-6-11-27-14(2)25/h4-5,7-10,13H,3,6,11-12,22H2,1-2H3. The minimum Gasteiger partial charge on any atom is -0.493 e. The summed E-state index contributed by atoms with van der Waals surface area (Å²) in [6.07, 6.45) is 2.25. The van der Waals surface area contributed by atoms with E-state index in [2.05, 4.69) is 4.98 Å². The van der Waals surface area contributed by atoms with Gasteiger partial charge in [0.05, 0.1) is 13.2 Å². The monoisotopic (exact) mass is 381 g/mol. The van der Waals surface area contributed by atoms with Gasteiger partial charge in [0.15, 0.2) is 0 Å². The first-order valence-corrected chi connectivity index (χ1v) is 9.16. The fourth-order valence-corrected chi connectivity index (χ4v) is 3.11. The number of aromatic nitrogens is 2. The normalized spacial score (nSPS) is 10.8. The van der Waals surface area contributed by atoms with Crippen molar-refractivity contribution in [2.24, 2.45) is 0 Å². The van der Waals surface area contributed by atoms with E-state index in [0.29, 0.717) is 43.1 Å². The molecule has 1 aromatic carbocycles. The third-order valence-corrected chi connectivity index (χ3v) is 4.36. The lowest BCUT2D eigenvalue weighted by molar-refractivity contribution is -0.141. The Morgan fingerprint density at radius 3 is 2.79 bits per heavy atom. The molecule has 0 aliphatic carbocycles. The van der Waals surface area contributed by atoms with Gasteiger partial charge in [-0.1, -0.05) is 12.1 Å². The van der Waals surface area contributed by atoms with Crippen molar-refractivity contribution in [1.29, 1.82) is 0 Å². The van der Waals surface area contributed by atoms with E-state index in [-0.39, 0.29) is 17.2 Å². The van der Waals surface area contributed by atoms with E-state index in [9.17, 15) is 9.59 Å². The van der Waals surface area contributed by atoms with Crippen LogP contribution in [0.1, 0.15) is 20.3 Å². The van der Waals surface area contributed by atoms with Crippen molar-refractivity contribution in [2.75, 3.05) is 18.9 Å². The maximum Gasteiger partial charge on any atom is 0.302 e. The number of nitrogens with two attached hydrogens (primary N) is 1. The average molecular weight is 381 g/mol. The lowest BCUT2D eigenvalue weighted by atomic mass is 10.0. The van der Waals surface area contributed by atoms with Gasteiger partial charge in [-0.15, -0.1) is 0 Å². The molecule has 7 nitrogen and oxygen atoms in total. The summed E-state index contributed by atoms with van der Waals surface area (Å²) in [6, 6.07) is 11.2. The van der Waals surface area contributed by atoms with Crippen LogP contribution in [0.5, 0.6) is 5.75 Å². The molecule has 0 aliphatic rings. The molecule has 0 fully saturated rings. The maximum absolute atomic E-state index is 12.7. The van der Waals surface area contributed by atoms with Gasteiger partial charge in [0.1, 0.15) is 17.1 Å². The van der Waals surface area contributed by atoms with Crippen LogP contribution in [0.15, 0.2) is 47.4 Å². The first-order chi connectivity index (χ1) is 13.5. The highest BCUT2D eigenvalue weighted by atomic mass is 16.5. The molecule has 0 radical (unpaired) electrons. The fraction of sp³-hybridized carbons (Fsp3) is 0.286. The number of carbonyl (C=O) groups excluding carboxylic acids is 1. The minimum atomic E-state index is -0.306. The zero-order chi connectivity index (χ0) is 20.1. The van der Waals surface area contributed by atoms with E-state index in [4.69, 9.17) is 15.2 Å². The molecule has 0 spiro atoms. The van der Waals surface area contributed by atoms with Crippen LogP contribution in [0.25, 0.3) is 22.2 Å². The fourth-order valence-electron chi connectivity index (χ4n) is 3.11. The minimum absolute atomic E-state index is 0.189. The topological polar surface area (TPSA) is 96.4 Å². The van der Waals surface area contributed by atoms with Crippen LogP contribution in [0.2, 0.25) is 0 Å². The van der Waals surface area contributed by atoms with E-state index in [1.165, 1.54) is 6.92 Å². The number of fused-ring (bicyclic) bond motifs is 1. The van der Waals surface area contributed by atoms with Crippen LogP contribution in [0.4, 0.5) is 5.69 Å². The number of anilines is 1. The molecule has 3 aromatic rings. The van der Waals surface area contributed by atoms with Crippen molar-refractivity contribution in [2.45, 2.75) is 26.8 Å². The molecule has 28 heavy (non-hydrogen) atoms. The number of esters is 1. The molecule has 0 bridgehead atoms. The highest BCUT2D eigenvalue weighted by molar-refractivity contribution is 5.99. The highest BCUT2D eigenvalue weighted by Crippen LogP contribution is 2.33. The third kappa shape index (κ3) is 3.98. The van der Waals surface area contributed by atoms with Gasteiger partial charge in [0, 0.05) is 37.0 Å². The molecule has 0 atom stereocenters. The summed E-state index contributed by atoms with van der Waals surface area (Å²) in [6.45, 7) is 4.47. The Bertz CT molecular complexity index is 1060. The number of nitrogen functional groups attached to an aromatic ring is 1. The predicted molar refractivity (Wildman–Crippen MR) is 108 cm³/mol. The Balaban J connectivity index is 1.94. The summed E-state index contributed by atoms with van der Waals surface area (Å²) >= 11 is 0. The molecule has 0 unspecified atom stereocenters.